The Hall–Kier alpha value is -4.18. The summed E-state index contributed by atoms with van der Waals surface area (Å²) in [5.41, 5.74) is 3.24. The van der Waals surface area contributed by atoms with Gasteiger partial charge in [-0.3, -0.25) is 4.79 Å². The average Bonchev–Trinajstić information content (AvgIpc) is 3.47. The number of aryl methyl sites for hydroxylation is 1. The van der Waals surface area contributed by atoms with Crippen LogP contribution in [0.5, 0.6) is 17.2 Å². The molecule has 0 radical (unpaired) electrons. The van der Waals surface area contributed by atoms with Gasteiger partial charge in [0.2, 0.25) is 5.91 Å². The van der Waals surface area contributed by atoms with Gasteiger partial charge in [-0.05, 0) is 81.3 Å². The Labute approximate surface area is 264 Å². The number of aromatic nitrogens is 3. The number of carbonyl (C=O) groups is 1. The number of anilines is 1. The van der Waals surface area contributed by atoms with Gasteiger partial charge >= 0.3 is 0 Å². The van der Waals surface area contributed by atoms with E-state index in [4.69, 9.17) is 14.2 Å². The van der Waals surface area contributed by atoms with Crippen LogP contribution in [-0.2, 0) is 17.8 Å². The van der Waals surface area contributed by atoms with Crippen LogP contribution < -0.4 is 19.1 Å². The zero-order valence-corrected chi connectivity index (χ0v) is 26.8. The number of hydrogen-bond donors (Lipinski definition) is 0. The summed E-state index contributed by atoms with van der Waals surface area (Å²) in [7, 11) is 1.65. The van der Waals surface area contributed by atoms with Crippen molar-refractivity contribution in [3.63, 3.8) is 0 Å². The monoisotopic (exact) mass is 615 g/mol. The van der Waals surface area contributed by atoms with Gasteiger partial charge in [-0.25, -0.2) is 0 Å². The van der Waals surface area contributed by atoms with Crippen LogP contribution in [0.1, 0.15) is 26.3 Å². The van der Waals surface area contributed by atoms with Gasteiger partial charge in [0.05, 0.1) is 25.6 Å². The van der Waals surface area contributed by atoms with Crippen LogP contribution in [0, 0.1) is 0 Å². The molecule has 44 heavy (non-hydrogen) atoms. The predicted molar refractivity (Wildman–Crippen MR) is 175 cm³/mol. The van der Waals surface area contributed by atoms with Crippen molar-refractivity contribution in [3.8, 4) is 28.6 Å². The Morgan fingerprint density at radius 3 is 2.27 bits per heavy atom. The minimum Gasteiger partial charge on any atom is -0.497 e. The van der Waals surface area contributed by atoms with E-state index in [0.717, 1.165) is 58.9 Å². The Morgan fingerprint density at radius 2 is 1.59 bits per heavy atom. The number of thioether (sulfide) groups is 1. The van der Waals surface area contributed by atoms with E-state index in [9.17, 15) is 4.79 Å². The lowest BCUT2D eigenvalue weighted by Crippen LogP contribution is -2.50. The van der Waals surface area contributed by atoms with E-state index >= 15 is 0 Å². The molecule has 4 aromatic rings. The fourth-order valence-corrected chi connectivity index (χ4v) is 6.27. The highest BCUT2D eigenvalue weighted by atomic mass is 32.2. The number of ether oxygens (including phenoxy) is 3. The number of carbonyl (C=O) groups excluding carboxylic acids is 1. The van der Waals surface area contributed by atoms with Crippen molar-refractivity contribution in [1.82, 2.24) is 19.7 Å². The van der Waals surface area contributed by atoms with Crippen LogP contribution in [-0.4, -0.2) is 77.3 Å². The smallest absolute Gasteiger partial charge is 0.236 e. The van der Waals surface area contributed by atoms with E-state index < -0.39 is 0 Å². The first-order valence-corrected chi connectivity index (χ1v) is 16.1. The molecule has 0 spiro atoms. The summed E-state index contributed by atoms with van der Waals surface area (Å²) < 4.78 is 19.1. The van der Waals surface area contributed by atoms with Gasteiger partial charge in [-0.2, -0.15) is 0 Å². The fraction of sp³-hybridized carbons (Fsp3) is 0.382. The standard InChI is InChI=1S/C34H41N5O4S/c1-5-42-30-17-12-26(24-31(30)43-6-2)18-19-39-32(27-13-15-29(41-4)16-14-27)35-36-34(39)44-25(3)33(40)38-22-20-37(21-23-38)28-10-8-7-9-11-28/h7-17,24-25H,5-6,18-23H2,1-4H3. The first kappa shape index (κ1) is 31.3. The lowest BCUT2D eigenvalue weighted by atomic mass is 10.1. The molecular weight excluding hydrogens is 574 g/mol. The quantitative estimate of drug-likeness (QED) is 0.174. The molecule has 1 aliphatic rings. The van der Waals surface area contributed by atoms with Crippen molar-refractivity contribution in [2.75, 3.05) is 51.4 Å². The zero-order chi connectivity index (χ0) is 30.9. The van der Waals surface area contributed by atoms with E-state index in [1.54, 1.807) is 7.11 Å². The predicted octanol–water partition coefficient (Wildman–Crippen LogP) is 5.82. The molecule has 232 valence electrons. The van der Waals surface area contributed by atoms with E-state index in [1.807, 2.05) is 68.1 Å². The molecule has 1 fully saturated rings. The molecule has 5 rings (SSSR count). The summed E-state index contributed by atoms with van der Waals surface area (Å²) in [6.07, 6.45) is 0.727. The van der Waals surface area contributed by atoms with E-state index in [0.29, 0.717) is 32.8 Å². The number of piperazine rings is 1. The summed E-state index contributed by atoms with van der Waals surface area (Å²) in [4.78, 5) is 17.9. The van der Waals surface area contributed by atoms with E-state index in [-0.39, 0.29) is 11.2 Å². The van der Waals surface area contributed by atoms with Gasteiger partial charge < -0.3 is 28.6 Å². The number of amides is 1. The van der Waals surface area contributed by atoms with Crippen molar-refractivity contribution >= 4 is 23.4 Å². The molecule has 9 nitrogen and oxygen atoms in total. The van der Waals surface area contributed by atoms with Crippen molar-refractivity contribution < 1.29 is 19.0 Å². The molecule has 1 atom stereocenters. The number of nitrogens with zero attached hydrogens (tertiary/aromatic N) is 5. The van der Waals surface area contributed by atoms with Crippen LogP contribution in [0.2, 0.25) is 0 Å². The van der Waals surface area contributed by atoms with Crippen molar-refractivity contribution in [2.24, 2.45) is 0 Å². The summed E-state index contributed by atoms with van der Waals surface area (Å²) >= 11 is 1.46. The molecule has 0 aliphatic carbocycles. The SMILES string of the molecule is CCOc1ccc(CCn2c(SC(C)C(=O)N3CCN(c4ccccc4)CC3)nnc2-c2ccc(OC)cc2)cc1OCC. The van der Waals surface area contributed by atoms with Gasteiger partial charge in [0, 0.05) is 44.0 Å². The molecule has 3 aromatic carbocycles. The van der Waals surface area contributed by atoms with Gasteiger partial charge in [-0.15, -0.1) is 10.2 Å². The molecule has 0 bridgehead atoms. The molecule has 1 amide bonds. The maximum Gasteiger partial charge on any atom is 0.236 e. The number of rotatable bonds is 13. The van der Waals surface area contributed by atoms with E-state index in [1.165, 1.54) is 17.4 Å². The molecule has 1 saturated heterocycles. The third-order valence-electron chi connectivity index (χ3n) is 7.64. The van der Waals surface area contributed by atoms with Crippen LogP contribution in [0.3, 0.4) is 0 Å². The highest BCUT2D eigenvalue weighted by molar-refractivity contribution is 8.00. The largest absolute Gasteiger partial charge is 0.497 e. The molecule has 1 aliphatic heterocycles. The lowest BCUT2D eigenvalue weighted by Gasteiger charge is -2.37. The molecule has 2 heterocycles. The minimum absolute atomic E-state index is 0.121. The number of methoxy groups -OCH3 is 1. The zero-order valence-electron chi connectivity index (χ0n) is 25.9. The summed E-state index contributed by atoms with van der Waals surface area (Å²) in [5.74, 6) is 3.14. The fourth-order valence-electron chi connectivity index (χ4n) is 5.31. The summed E-state index contributed by atoms with van der Waals surface area (Å²) in [6, 6.07) is 24.3. The van der Waals surface area contributed by atoms with Crippen LogP contribution in [0.4, 0.5) is 5.69 Å². The molecule has 10 heteroatoms. The second-order valence-corrected chi connectivity index (χ2v) is 11.8. The third kappa shape index (κ3) is 7.48. The maximum absolute atomic E-state index is 13.6. The van der Waals surface area contributed by atoms with Crippen molar-refractivity contribution in [2.45, 2.75) is 44.1 Å². The van der Waals surface area contributed by atoms with E-state index in [2.05, 4.69) is 50.0 Å². The number of benzene rings is 3. The molecule has 1 aromatic heterocycles. The topological polar surface area (TPSA) is 82.0 Å². The molecular formula is C34H41N5O4S. The van der Waals surface area contributed by atoms with Crippen LogP contribution in [0.25, 0.3) is 11.4 Å². The third-order valence-corrected chi connectivity index (χ3v) is 8.71. The Kier molecular flexibility index (Phi) is 10.7. The highest BCUT2D eigenvalue weighted by Gasteiger charge is 2.28. The molecule has 1 unspecified atom stereocenters. The Bertz CT molecular complexity index is 1500. The summed E-state index contributed by atoms with van der Waals surface area (Å²) in [6.45, 7) is 10.7. The first-order valence-electron chi connectivity index (χ1n) is 15.2. The minimum atomic E-state index is -0.306. The van der Waals surface area contributed by atoms with Gasteiger partial charge in [0.15, 0.2) is 22.5 Å². The lowest BCUT2D eigenvalue weighted by molar-refractivity contribution is -0.130. The number of hydrogen-bond acceptors (Lipinski definition) is 8. The van der Waals surface area contributed by atoms with Crippen molar-refractivity contribution in [1.29, 1.82) is 0 Å². The van der Waals surface area contributed by atoms with Gasteiger partial charge in [-0.1, -0.05) is 36.0 Å². The highest BCUT2D eigenvalue weighted by Crippen LogP contribution is 2.32. The first-order chi connectivity index (χ1) is 21.5. The van der Waals surface area contributed by atoms with Gasteiger partial charge in [0.25, 0.3) is 0 Å². The summed E-state index contributed by atoms with van der Waals surface area (Å²) in [5, 5.41) is 9.57. The second-order valence-electron chi connectivity index (χ2n) is 10.5. The Morgan fingerprint density at radius 1 is 0.886 bits per heavy atom. The van der Waals surface area contributed by atoms with Crippen molar-refractivity contribution in [3.05, 3.63) is 78.4 Å². The molecule has 0 N–H and O–H groups in total. The van der Waals surface area contributed by atoms with Gasteiger partial charge in [0.1, 0.15) is 5.75 Å². The van der Waals surface area contributed by atoms with Crippen LogP contribution in [0.15, 0.2) is 78.0 Å². The second kappa shape index (κ2) is 15.0. The molecule has 0 saturated carbocycles. The maximum atomic E-state index is 13.6. The Balaban J connectivity index is 1.32. The van der Waals surface area contributed by atoms with Crippen LogP contribution >= 0.6 is 11.8 Å². The number of para-hydroxylation sites is 1. The average molecular weight is 616 g/mol. The normalized spacial score (nSPS) is 13.9.